The highest BCUT2D eigenvalue weighted by molar-refractivity contribution is 5.82. The predicted molar refractivity (Wildman–Crippen MR) is 90.7 cm³/mol. The molecular formula is C19H21N3O2. The van der Waals surface area contributed by atoms with E-state index in [1.165, 1.54) is 5.56 Å². The number of benzene rings is 1. The molecule has 5 nitrogen and oxygen atoms in total. The van der Waals surface area contributed by atoms with E-state index in [-0.39, 0.29) is 12.0 Å². The monoisotopic (exact) mass is 323 g/mol. The number of fused-ring (bicyclic) bond motifs is 1. The molecule has 0 radical (unpaired) electrons. The highest BCUT2D eigenvalue weighted by Gasteiger charge is 2.33. The first kappa shape index (κ1) is 15.1. The van der Waals surface area contributed by atoms with E-state index in [0.717, 1.165) is 44.0 Å². The second-order valence-electron chi connectivity index (χ2n) is 6.38. The summed E-state index contributed by atoms with van der Waals surface area (Å²) in [7, 11) is 0. The van der Waals surface area contributed by atoms with Crippen LogP contribution in [0.15, 0.2) is 48.8 Å². The third kappa shape index (κ3) is 3.12. The Labute approximate surface area is 141 Å². The maximum Gasteiger partial charge on any atom is 0.264 e. The standard InChI is InChI=1S/C19H21N3O2/c23-19(18-12-16-5-1-2-6-17(16)24-18)22-10-8-21(9-11-22)14-15-4-3-7-20-13-15/h1-7,13,18H,8-12,14H2/t18-/m0/s1. The van der Waals surface area contributed by atoms with E-state index >= 15 is 0 Å². The average molecular weight is 323 g/mol. The predicted octanol–water partition coefficient (Wildman–Crippen LogP) is 1.73. The van der Waals surface area contributed by atoms with Crippen LogP contribution in [0.5, 0.6) is 5.75 Å². The van der Waals surface area contributed by atoms with Crippen molar-refractivity contribution < 1.29 is 9.53 Å². The molecule has 124 valence electrons. The fraction of sp³-hybridized carbons (Fsp3) is 0.368. The molecule has 2 aliphatic heterocycles. The molecular weight excluding hydrogens is 302 g/mol. The number of rotatable bonds is 3. The lowest BCUT2D eigenvalue weighted by atomic mass is 10.1. The van der Waals surface area contributed by atoms with Gasteiger partial charge in [-0.1, -0.05) is 24.3 Å². The quantitative estimate of drug-likeness (QED) is 0.863. The Balaban J connectivity index is 1.31. The van der Waals surface area contributed by atoms with Crippen molar-refractivity contribution in [3.8, 4) is 5.75 Å². The summed E-state index contributed by atoms with van der Waals surface area (Å²) in [5, 5.41) is 0. The summed E-state index contributed by atoms with van der Waals surface area (Å²) in [6.07, 6.45) is 4.03. The first-order chi connectivity index (χ1) is 11.8. The topological polar surface area (TPSA) is 45.7 Å². The summed E-state index contributed by atoms with van der Waals surface area (Å²) < 4.78 is 5.83. The molecule has 0 unspecified atom stereocenters. The van der Waals surface area contributed by atoms with Crippen LogP contribution in [-0.4, -0.2) is 53.0 Å². The van der Waals surface area contributed by atoms with Crippen molar-refractivity contribution in [1.29, 1.82) is 0 Å². The molecule has 5 heteroatoms. The van der Waals surface area contributed by atoms with Gasteiger partial charge in [-0.25, -0.2) is 0 Å². The van der Waals surface area contributed by atoms with Crippen LogP contribution >= 0.6 is 0 Å². The van der Waals surface area contributed by atoms with Crippen molar-refractivity contribution in [3.05, 3.63) is 59.9 Å². The lowest BCUT2D eigenvalue weighted by molar-refractivity contribution is -0.139. The molecule has 0 bridgehead atoms. The van der Waals surface area contributed by atoms with Gasteiger partial charge in [-0.2, -0.15) is 0 Å². The Morgan fingerprint density at radius 3 is 2.71 bits per heavy atom. The summed E-state index contributed by atoms with van der Waals surface area (Å²) >= 11 is 0. The van der Waals surface area contributed by atoms with Gasteiger partial charge in [-0.15, -0.1) is 0 Å². The molecule has 4 rings (SSSR count). The van der Waals surface area contributed by atoms with Crippen LogP contribution in [0.3, 0.4) is 0 Å². The zero-order chi connectivity index (χ0) is 16.4. The Morgan fingerprint density at radius 2 is 1.96 bits per heavy atom. The summed E-state index contributed by atoms with van der Waals surface area (Å²) in [5.41, 5.74) is 2.35. The summed E-state index contributed by atoms with van der Waals surface area (Å²) in [6.45, 7) is 4.19. The number of amides is 1. The fourth-order valence-electron chi connectivity index (χ4n) is 3.40. The maximum atomic E-state index is 12.7. The number of carbonyl (C=O) groups is 1. The number of aromatic nitrogens is 1. The van der Waals surface area contributed by atoms with Gasteiger partial charge in [0.2, 0.25) is 0 Å². The molecule has 0 spiro atoms. The van der Waals surface area contributed by atoms with Gasteiger partial charge in [-0.05, 0) is 23.3 Å². The van der Waals surface area contributed by atoms with Crippen LogP contribution in [0.4, 0.5) is 0 Å². The van der Waals surface area contributed by atoms with E-state index in [1.807, 2.05) is 41.4 Å². The van der Waals surface area contributed by atoms with E-state index in [4.69, 9.17) is 4.74 Å². The van der Waals surface area contributed by atoms with Crippen LogP contribution in [0.1, 0.15) is 11.1 Å². The lowest BCUT2D eigenvalue weighted by Gasteiger charge is -2.35. The van der Waals surface area contributed by atoms with Crippen molar-refractivity contribution in [2.24, 2.45) is 0 Å². The molecule has 0 saturated carbocycles. The minimum absolute atomic E-state index is 0.118. The lowest BCUT2D eigenvalue weighted by Crippen LogP contribution is -2.51. The molecule has 0 N–H and O–H groups in total. The summed E-state index contributed by atoms with van der Waals surface area (Å²) in [4.78, 5) is 21.2. The molecule has 1 aromatic heterocycles. The van der Waals surface area contributed by atoms with Crippen LogP contribution in [0.25, 0.3) is 0 Å². The molecule has 1 fully saturated rings. The second kappa shape index (κ2) is 6.61. The van der Waals surface area contributed by atoms with Gasteiger partial charge in [0.1, 0.15) is 5.75 Å². The van der Waals surface area contributed by atoms with E-state index in [9.17, 15) is 4.79 Å². The Morgan fingerprint density at radius 1 is 1.12 bits per heavy atom. The van der Waals surface area contributed by atoms with Crippen molar-refractivity contribution in [1.82, 2.24) is 14.8 Å². The molecule has 1 saturated heterocycles. The molecule has 1 atom stereocenters. The molecule has 1 amide bonds. The smallest absolute Gasteiger partial charge is 0.264 e. The summed E-state index contributed by atoms with van der Waals surface area (Å²) in [5.74, 6) is 0.971. The van der Waals surface area contributed by atoms with Crippen molar-refractivity contribution in [2.45, 2.75) is 19.1 Å². The van der Waals surface area contributed by atoms with Crippen LogP contribution in [-0.2, 0) is 17.8 Å². The molecule has 24 heavy (non-hydrogen) atoms. The normalized spacial score (nSPS) is 20.5. The first-order valence-corrected chi connectivity index (χ1v) is 8.44. The Bertz CT molecular complexity index is 687. The molecule has 0 aliphatic carbocycles. The van der Waals surface area contributed by atoms with Gasteiger partial charge in [0.05, 0.1) is 0 Å². The number of piperazine rings is 1. The SMILES string of the molecule is O=C([C@@H]1Cc2ccccc2O1)N1CCN(Cc2cccnc2)CC1. The zero-order valence-corrected chi connectivity index (χ0v) is 13.6. The number of hydrogen-bond acceptors (Lipinski definition) is 4. The Kier molecular flexibility index (Phi) is 4.17. The van der Waals surface area contributed by atoms with Gasteiger partial charge < -0.3 is 9.64 Å². The Hall–Kier alpha value is -2.40. The van der Waals surface area contributed by atoms with Gasteiger partial charge in [0.15, 0.2) is 6.10 Å². The number of hydrogen-bond donors (Lipinski definition) is 0. The molecule has 2 aliphatic rings. The fourth-order valence-corrected chi connectivity index (χ4v) is 3.40. The number of ether oxygens (including phenoxy) is 1. The second-order valence-corrected chi connectivity index (χ2v) is 6.38. The number of para-hydroxylation sites is 1. The van der Waals surface area contributed by atoms with Crippen molar-refractivity contribution in [2.75, 3.05) is 26.2 Å². The van der Waals surface area contributed by atoms with Crippen LogP contribution in [0, 0.1) is 0 Å². The number of carbonyl (C=O) groups excluding carboxylic acids is 1. The molecule has 2 aromatic rings. The molecule has 3 heterocycles. The maximum absolute atomic E-state index is 12.7. The van der Waals surface area contributed by atoms with E-state index in [1.54, 1.807) is 6.20 Å². The van der Waals surface area contributed by atoms with E-state index in [2.05, 4.69) is 16.0 Å². The zero-order valence-electron chi connectivity index (χ0n) is 13.6. The third-order valence-corrected chi connectivity index (χ3v) is 4.74. The minimum Gasteiger partial charge on any atom is -0.480 e. The number of nitrogens with zero attached hydrogens (tertiary/aromatic N) is 3. The average Bonchev–Trinajstić information content (AvgIpc) is 3.07. The van der Waals surface area contributed by atoms with Crippen molar-refractivity contribution in [3.63, 3.8) is 0 Å². The van der Waals surface area contributed by atoms with Gasteiger partial charge >= 0.3 is 0 Å². The first-order valence-electron chi connectivity index (χ1n) is 8.44. The van der Waals surface area contributed by atoms with E-state index in [0.29, 0.717) is 6.42 Å². The van der Waals surface area contributed by atoms with Crippen LogP contribution in [0.2, 0.25) is 0 Å². The third-order valence-electron chi connectivity index (χ3n) is 4.74. The van der Waals surface area contributed by atoms with Gasteiger partial charge in [0.25, 0.3) is 5.91 Å². The highest BCUT2D eigenvalue weighted by atomic mass is 16.5. The van der Waals surface area contributed by atoms with Crippen molar-refractivity contribution >= 4 is 5.91 Å². The van der Waals surface area contributed by atoms with Gasteiger partial charge in [0, 0.05) is 51.5 Å². The van der Waals surface area contributed by atoms with E-state index < -0.39 is 0 Å². The largest absolute Gasteiger partial charge is 0.480 e. The summed E-state index contributed by atoms with van der Waals surface area (Å²) in [6, 6.07) is 12.0. The molecule has 1 aromatic carbocycles. The minimum atomic E-state index is -0.354. The van der Waals surface area contributed by atoms with Crippen LogP contribution < -0.4 is 4.74 Å². The highest BCUT2D eigenvalue weighted by Crippen LogP contribution is 2.29. The van der Waals surface area contributed by atoms with Gasteiger partial charge in [-0.3, -0.25) is 14.7 Å². The number of pyridine rings is 1.